The second-order valence-corrected chi connectivity index (χ2v) is 10.6. The number of aromatic nitrogens is 3. The summed E-state index contributed by atoms with van der Waals surface area (Å²) in [7, 11) is 0. The largest absolute Gasteiger partial charge is 0.435 e. The van der Waals surface area contributed by atoms with Crippen molar-refractivity contribution in [1.82, 2.24) is 14.8 Å². The second kappa shape index (κ2) is 12.4. The summed E-state index contributed by atoms with van der Waals surface area (Å²) in [6, 6.07) is 7.66. The summed E-state index contributed by atoms with van der Waals surface area (Å²) in [6.07, 6.45) is -1.03. The normalized spacial score (nSPS) is 16.6. The molecule has 0 saturated heterocycles. The highest BCUT2D eigenvalue weighted by Crippen LogP contribution is 2.49. The standard InChI is InChI=1S/C29H21Cl2F6N5O2/c1-4-10-41(26-38-24(8-9-28(32,33)34)42(39-26)11-5-2)25(43)22-7-6-18(12-17(22)3)23-16-27(44-40-23,29(35,36)37)19-13-20(30)15-21(31)14-19/h1-2,6-7,12-15H,8-11,16H2,3H3. The summed E-state index contributed by atoms with van der Waals surface area (Å²) in [5, 5.41) is 7.79. The molecule has 0 saturated carbocycles. The van der Waals surface area contributed by atoms with Crippen molar-refractivity contribution >= 4 is 40.8 Å². The molecule has 0 spiro atoms. The smallest absolute Gasteiger partial charge is 0.374 e. The van der Waals surface area contributed by atoms with Gasteiger partial charge in [-0.1, -0.05) is 46.3 Å². The maximum absolute atomic E-state index is 14.4. The van der Waals surface area contributed by atoms with Crippen LogP contribution >= 0.6 is 23.2 Å². The molecule has 7 nitrogen and oxygen atoms in total. The van der Waals surface area contributed by atoms with Crippen molar-refractivity contribution in [2.24, 2.45) is 5.16 Å². The lowest BCUT2D eigenvalue weighted by Gasteiger charge is -2.29. The molecule has 1 aliphatic heterocycles. The maximum Gasteiger partial charge on any atom is 0.435 e. The number of carbonyl (C=O) groups excluding carboxylic acids is 1. The highest BCUT2D eigenvalue weighted by molar-refractivity contribution is 6.34. The molecular weight excluding hydrogens is 635 g/mol. The molecule has 1 unspecified atom stereocenters. The molecule has 1 aliphatic rings. The summed E-state index contributed by atoms with van der Waals surface area (Å²) in [4.78, 5) is 23.7. The van der Waals surface area contributed by atoms with E-state index in [1.807, 2.05) is 0 Å². The Morgan fingerprint density at radius 2 is 1.77 bits per heavy atom. The minimum atomic E-state index is -4.90. The van der Waals surface area contributed by atoms with Crippen molar-refractivity contribution in [3.63, 3.8) is 0 Å². The van der Waals surface area contributed by atoms with E-state index in [1.54, 1.807) is 0 Å². The van der Waals surface area contributed by atoms with E-state index >= 15 is 0 Å². The molecule has 0 radical (unpaired) electrons. The molecule has 2 heterocycles. The number of oxime groups is 1. The Labute approximate surface area is 257 Å². The summed E-state index contributed by atoms with van der Waals surface area (Å²) >= 11 is 11.9. The van der Waals surface area contributed by atoms with Gasteiger partial charge in [0.2, 0.25) is 0 Å². The molecule has 1 amide bonds. The molecule has 15 heteroatoms. The average molecular weight is 656 g/mol. The number of nitrogens with zero attached hydrogens (tertiary/aromatic N) is 5. The lowest BCUT2D eigenvalue weighted by Crippen LogP contribution is -2.42. The third-order valence-corrected chi connectivity index (χ3v) is 7.09. The number of aryl methyl sites for hydroxylation is 2. The highest BCUT2D eigenvalue weighted by atomic mass is 35.5. The van der Waals surface area contributed by atoms with Crippen LogP contribution in [0.2, 0.25) is 10.0 Å². The molecule has 3 aromatic rings. The SMILES string of the molecule is C#CCN(C(=O)c1ccc(C2=NOC(c3cc(Cl)cc(Cl)c3)(C(F)(F)F)C2)cc1C)c1nc(CCC(F)(F)F)n(CC#C)n1. The monoisotopic (exact) mass is 655 g/mol. The van der Waals surface area contributed by atoms with Crippen LogP contribution < -0.4 is 4.90 Å². The number of amides is 1. The van der Waals surface area contributed by atoms with E-state index in [0.717, 1.165) is 21.7 Å². The number of benzene rings is 2. The Kier molecular flexibility index (Phi) is 9.24. The topological polar surface area (TPSA) is 72.6 Å². The van der Waals surface area contributed by atoms with Gasteiger partial charge < -0.3 is 4.84 Å². The fourth-order valence-corrected chi connectivity index (χ4v) is 5.05. The number of hydrogen-bond donors (Lipinski definition) is 0. The molecule has 1 atom stereocenters. The zero-order valence-corrected chi connectivity index (χ0v) is 24.2. The Hall–Kier alpha value is -4.20. The van der Waals surface area contributed by atoms with Gasteiger partial charge in [0.1, 0.15) is 12.4 Å². The molecule has 0 fully saturated rings. The lowest BCUT2D eigenvalue weighted by molar-refractivity contribution is -0.275. The molecular formula is C29H21Cl2F6N5O2. The predicted octanol–water partition coefficient (Wildman–Crippen LogP) is 6.88. The number of rotatable bonds is 8. The summed E-state index contributed by atoms with van der Waals surface area (Å²) in [6.45, 7) is 1.00. The average Bonchev–Trinajstić information content (AvgIpc) is 3.55. The fourth-order valence-electron chi connectivity index (χ4n) is 4.53. The first-order chi connectivity index (χ1) is 20.6. The summed E-state index contributed by atoms with van der Waals surface area (Å²) < 4.78 is 82.7. The predicted molar refractivity (Wildman–Crippen MR) is 151 cm³/mol. The first-order valence-electron chi connectivity index (χ1n) is 12.7. The van der Waals surface area contributed by atoms with Crippen LogP contribution in [0, 0.1) is 31.6 Å². The Balaban J connectivity index is 1.63. The van der Waals surface area contributed by atoms with E-state index in [0.29, 0.717) is 5.56 Å². The first kappa shape index (κ1) is 32.7. The van der Waals surface area contributed by atoms with E-state index in [1.165, 1.54) is 31.2 Å². The van der Waals surface area contributed by atoms with E-state index in [9.17, 15) is 31.1 Å². The number of anilines is 1. The number of halogens is 8. The third-order valence-electron chi connectivity index (χ3n) is 6.65. The van der Waals surface area contributed by atoms with Crippen molar-refractivity contribution in [1.29, 1.82) is 0 Å². The van der Waals surface area contributed by atoms with Crippen molar-refractivity contribution in [2.45, 2.75) is 50.7 Å². The van der Waals surface area contributed by atoms with Gasteiger partial charge in [0, 0.05) is 34.0 Å². The van der Waals surface area contributed by atoms with Gasteiger partial charge in [-0.2, -0.15) is 31.3 Å². The third kappa shape index (κ3) is 6.79. The van der Waals surface area contributed by atoms with Gasteiger partial charge in [0.05, 0.1) is 18.7 Å². The number of terminal acetylenes is 2. The Morgan fingerprint density at radius 3 is 2.34 bits per heavy atom. The van der Waals surface area contributed by atoms with E-state index in [-0.39, 0.29) is 57.3 Å². The summed E-state index contributed by atoms with van der Waals surface area (Å²) in [5.74, 6) is 3.51. The second-order valence-electron chi connectivity index (χ2n) is 9.72. The van der Waals surface area contributed by atoms with Crippen LogP contribution in [0.1, 0.15) is 45.7 Å². The van der Waals surface area contributed by atoms with Gasteiger partial charge >= 0.3 is 12.4 Å². The van der Waals surface area contributed by atoms with Crippen molar-refractivity contribution < 1.29 is 36.0 Å². The molecule has 0 aliphatic carbocycles. The van der Waals surface area contributed by atoms with Crippen LogP contribution in [0.3, 0.4) is 0 Å². The van der Waals surface area contributed by atoms with E-state index < -0.39 is 43.1 Å². The van der Waals surface area contributed by atoms with Crippen LogP contribution in [0.4, 0.5) is 32.3 Å². The maximum atomic E-state index is 14.4. The molecule has 44 heavy (non-hydrogen) atoms. The van der Waals surface area contributed by atoms with Crippen LogP contribution in [0.5, 0.6) is 0 Å². The molecule has 0 bridgehead atoms. The van der Waals surface area contributed by atoms with Crippen molar-refractivity contribution in [3.8, 4) is 24.7 Å². The zero-order valence-electron chi connectivity index (χ0n) is 22.7. The molecule has 230 valence electrons. The summed E-state index contributed by atoms with van der Waals surface area (Å²) in [5.41, 5.74) is -2.58. The quantitative estimate of drug-likeness (QED) is 0.196. The number of carbonyl (C=O) groups is 1. The fraction of sp³-hybridized carbons (Fsp3) is 0.310. The van der Waals surface area contributed by atoms with Crippen molar-refractivity contribution in [3.05, 3.63) is 74.5 Å². The van der Waals surface area contributed by atoms with Gasteiger partial charge in [0.25, 0.3) is 17.5 Å². The zero-order chi connectivity index (χ0) is 32.4. The van der Waals surface area contributed by atoms with Crippen LogP contribution in [-0.4, -0.2) is 45.3 Å². The first-order valence-corrected chi connectivity index (χ1v) is 13.4. The van der Waals surface area contributed by atoms with Crippen LogP contribution in [-0.2, 0) is 23.4 Å². The van der Waals surface area contributed by atoms with Gasteiger partial charge in [-0.15, -0.1) is 17.9 Å². The van der Waals surface area contributed by atoms with Gasteiger partial charge in [-0.3, -0.25) is 9.69 Å². The molecule has 1 aromatic heterocycles. The Bertz CT molecular complexity index is 1680. The van der Waals surface area contributed by atoms with Crippen LogP contribution in [0.25, 0.3) is 0 Å². The van der Waals surface area contributed by atoms with Gasteiger partial charge in [0.15, 0.2) is 0 Å². The Morgan fingerprint density at radius 1 is 1.09 bits per heavy atom. The van der Waals surface area contributed by atoms with Gasteiger partial charge in [-0.05, 0) is 48.4 Å². The highest BCUT2D eigenvalue weighted by Gasteiger charge is 2.62. The van der Waals surface area contributed by atoms with E-state index in [2.05, 4.69) is 27.1 Å². The van der Waals surface area contributed by atoms with Crippen LogP contribution in [0.15, 0.2) is 41.6 Å². The van der Waals surface area contributed by atoms with Crippen molar-refractivity contribution in [2.75, 3.05) is 11.4 Å². The van der Waals surface area contributed by atoms with E-state index in [4.69, 9.17) is 40.9 Å². The molecule has 0 N–H and O–H groups in total. The molecule has 2 aromatic carbocycles. The molecule has 4 rings (SSSR count). The minimum absolute atomic E-state index is 0.0190. The van der Waals surface area contributed by atoms with Gasteiger partial charge in [-0.25, -0.2) is 4.68 Å². The number of hydrogen-bond acceptors (Lipinski definition) is 5. The number of alkyl halides is 6. The minimum Gasteiger partial charge on any atom is -0.374 e. The lowest BCUT2D eigenvalue weighted by atomic mass is 9.86.